The third-order valence-corrected chi connectivity index (χ3v) is 6.94. The number of carbonyl (C=O) groups is 1. The van der Waals surface area contributed by atoms with Crippen LogP contribution in [0.4, 0.5) is 5.69 Å². The number of anilines is 1. The van der Waals surface area contributed by atoms with E-state index in [0.717, 1.165) is 73.3 Å². The maximum absolute atomic E-state index is 12.5. The molecule has 4 rings (SSSR count). The van der Waals surface area contributed by atoms with Gasteiger partial charge in [-0.1, -0.05) is 37.6 Å². The molecule has 2 heterocycles. The lowest BCUT2D eigenvalue weighted by atomic mass is 10.1. The Labute approximate surface area is 206 Å². The van der Waals surface area contributed by atoms with Crippen LogP contribution in [0.25, 0.3) is 10.6 Å². The predicted molar refractivity (Wildman–Crippen MR) is 140 cm³/mol. The number of ether oxygens (including phenoxy) is 1. The molecule has 0 bridgehead atoms. The van der Waals surface area contributed by atoms with E-state index in [0.29, 0.717) is 6.61 Å². The molecule has 0 unspecified atom stereocenters. The number of nitrogens with zero attached hydrogens (tertiary/aromatic N) is 3. The average molecular weight is 479 g/mol. The molecule has 6 nitrogen and oxygen atoms in total. The summed E-state index contributed by atoms with van der Waals surface area (Å²) in [6.45, 7) is 8.34. The molecule has 2 aromatic carbocycles. The van der Waals surface area contributed by atoms with Crippen LogP contribution >= 0.6 is 11.3 Å². The normalized spacial score (nSPS) is 14.8. The Bertz CT molecular complexity index is 1040. The molecular formula is C27H34N4O2S. The fourth-order valence-corrected chi connectivity index (χ4v) is 4.70. The second-order valence-corrected chi connectivity index (χ2v) is 9.73. The Morgan fingerprint density at radius 3 is 2.50 bits per heavy atom. The number of aromatic nitrogens is 1. The molecule has 0 radical (unpaired) electrons. The summed E-state index contributed by atoms with van der Waals surface area (Å²) in [7, 11) is 2.18. The van der Waals surface area contributed by atoms with Gasteiger partial charge in [-0.05, 0) is 43.3 Å². The molecule has 1 saturated heterocycles. The summed E-state index contributed by atoms with van der Waals surface area (Å²) >= 11 is 1.58. The number of hydrogen-bond donors (Lipinski definition) is 1. The van der Waals surface area contributed by atoms with E-state index in [-0.39, 0.29) is 12.3 Å². The summed E-state index contributed by atoms with van der Waals surface area (Å²) in [6, 6.07) is 16.2. The molecular weight excluding hydrogens is 444 g/mol. The van der Waals surface area contributed by atoms with Crippen LogP contribution in [0.5, 0.6) is 5.75 Å². The monoisotopic (exact) mass is 478 g/mol. The van der Waals surface area contributed by atoms with E-state index in [9.17, 15) is 4.79 Å². The fourth-order valence-electron chi connectivity index (χ4n) is 3.88. The largest absolute Gasteiger partial charge is 0.494 e. The van der Waals surface area contributed by atoms with Gasteiger partial charge in [-0.15, -0.1) is 11.3 Å². The number of carbonyl (C=O) groups excluding carboxylic acids is 1. The Morgan fingerprint density at radius 2 is 1.79 bits per heavy atom. The van der Waals surface area contributed by atoms with Crippen molar-refractivity contribution in [3.8, 4) is 16.3 Å². The van der Waals surface area contributed by atoms with Crippen molar-refractivity contribution in [3.63, 3.8) is 0 Å². The number of piperazine rings is 1. The van der Waals surface area contributed by atoms with Crippen molar-refractivity contribution >= 4 is 22.9 Å². The van der Waals surface area contributed by atoms with Crippen molar-refractivity contribution < 1.29 is 9.53 Å². The van der Waals surface area contributed by atoms with Crippen LogP contribution in [0, 0.1) is 0 Å². The zero-order valence-electron chi connectivity index (χ0n) is 20.1. The Balaban J connectivity index is 1.27. The number of nitrogens with one attached hydrogen (secondary N) is 1. The molecule has 34 heavy (non-hydrogen) atoms. The van der Waals surface area contributed by atoms with Crippen LogP contribution in [0.2, 0.25) is 0 Å². The number of amides is 1. The van der Waals surface area contributed by atoms with Crippen LogP contribution in [0.1, 0.15) is 31.0 Å². The molecule has 180 valence electrons. The SMILES string of the molecule is CCCCOc1ccc(NC(=O)Cc2csc(-c3ccc(CN4CCN(C)CC4)cc3)n2)cc1. The summed E-state index contributed by atoms with van der Waals surface area (Å²) in [6.07, 6.45) is 2.40. The Morgan fingerprint density at radius 1 is 1.06 bits per heavy atom. The lowest BCUT2D eigenvalue weighted by molar-refractivity contribution is -0.115. The highest BCUT2D eigenvalue weighted by atomic mass is 32.1. The van der Waals surface area contributed by atoms with E-state index in [1.165, 1.54) is 5.56 Å². The molecule has 0 aliphatic carbocycles. The summed E-state index contributed by atoms with van der Waals surface area (Å²) in [4.78, 5) is 22.1. The summed E-state index contributed by atoms with van der Waals surface area (Å²) in [5, 5.41) is 5.86. The minimum Gasteiger partial charge on any atom is -0.494 e. The molecule has 1 fully saturated rings. The van der Waals surface area contributed by atoms with Gasteiger partial charge in [0.15, 0.2) is 0 Å². The zero-order valence-corrected chi connectivity index (χ0v) is 20.9. The molecule has 1 aliphatic heterocycles. The fraction of sp³-hybridized carbons (Fsp3) is 0.407. The first-order valence-corrected chi connectivity index (χ1v) is 12.9. The van der Waals surface area contributed by atoms with Crippen molar-refractivity contribution in [2.45, 2.75) is 32.7 Å². The molecule has 1 aliphatic rings. The van der Waals surface area contributed by atoms with Gasteiger partial charge < -0.3 is 15.0 Å². The van der Waals surface area contributed by atoms with Crippen LogP contribution in [-0.2, 0) is 17.8 Å². The third-order valence-electron chi connectivity index (χ3n) is 6.00. The number of unbranched alkanes of at least 4 members (excludes halogenated alkanes) is 1. The van der Waals surface area contributed by atoms with Crippen LogP contribution < -0.4 is 10.1 Å². The van der Waals surface area contributed by atoms with E-state index in [1.807, 2.05) is 29.6 Å². The molecule has 0 atom stereocenters. The van der Waals surface area contributed by atoms with Gasteiger partial charge in [0.05, 0.1) is 18.7 Å². The first-order valence-electron chi connectivity index (χ1n) is 12.1. The lowest BCUT2D eigenvalue weighted by Gasteiger charge is -2.32. The van der Waals surface area contributed by atoms with Crippen molar-refractivity contribution in [2.24, 2.45) is 0 Å². The Hall–Kier alpha value is -2.74. The third kappa shape index (κ3) is 7.13. The Kier molecular flexibility index (Phi) is 8.68. The molecule has 0 spiro atoms. The molecule has 0 saturated carbocycles. The van der Waals surface area contributed by atoms with Crippen molar-refractivity contribution in [2.75, 3.05) is 45.2 Å². The maximum atomic E-state index is 12.5. The van der Waals surface area contributed by atoms with Crippen LogP contribution in [0.3, 0.4) is 0 Å². The van der Waals surface area contributed by atoms with Gasteiger partial charge in [0, 0.05) is 49.4 Å². The van der Waals surface area contributed by atoms with E-state index < -0.39 is 0 Å². The number of hydrogen-bond acceptors (Lipinski definition) is 6. The van der Waals surface area contributed by atoms with Crippen LogP contribution in [0.15, 0.2) is 53.9 Å². The second-order valence-electron chi connectivity index (χ2n) is 8.87. The van der Waals surface area contributed by atoms with Gasteiger partial charge >= 0.3 is 0 Å². The number of benzene rings is 2. The standard InChI is InChI=1S/C27H34N4O2S/c1-3-4-17-33-25-11-9-23(10-12-25)28-26(32)18-24-20-34-27(29-24)22-7-5-21(6-8-22)19-31-15-13-30(2)14-16-31/h5-12,20H,3-4,13-19H2,1-2H3,(H,28,32). The minimum absolute atomic E-state index is 0.0703. The van der Waals surface area contributed by atoms with Gasteiger partial charge in [-0.2, -0.15) is 0 Å². The maximum Gasteiger partial charge on any atom is 0.230 e. The van der Waals surface area contributed by atoms with E-state index in [4.69, 9.17) is 9.72 Å². The highest BCUT2D eigenvalue weighted by molar-refractivity contribution is 7.13. The highest BCUT2D eigenvalue weighted by Gasteiger charge is 2.14. The molecule has 7 heteroatoms. The molecule has 1 N–H and O–H groups in total. The number of likely N-dealkylation sites (N-methyl/N-ethyl adjacent to an activating group) is 1. The lowest BCUT2D eigenvalue weighted by Crippen LogP contribution is -2.43. The number of thiazole rings is 1. The van der Waals surface area contributed by atoms with E-state index in [1.54, 1.807) is 11.3 Å². The van der Waals surface area contributed by atoms with Gasteiger partial charge in [0.25, 0.3) is 0 Å². The van der Waals surface area contributed by atoms with Crippen molar-refractivity contribution in [1.82, 2.24) is 14.8 Å². The predicted octanol–water partition coefficient (Wildman–Crippen LogP) is 4.92. The smallest absolute Gasteiger partial charge is 0.230 e. The average Bonchev–Trinajstić information content (AvgIpc) is 3.30. The summed E-state index contributed by atoms with van der Waals surface area (Å²) in [5.74, 6) is 0.754. The number of rotatable bonds is 10. The quantitative estimate of drug-likeness (QED) is 0.419. The van der Waals surface area contributed by atoms with Crippen LogP contribution in [-0.4, -0.2) is 60.5 Å². The summed E-state index contributed by atoms with van der Waals surface area (Å²) in [5.41, 5.74) is 3.97. The molecule has 1 aromatic heterocycles. The molecule has 3 aromatic rings. The second kappa shape index (κ2) is 12.1. The summed E-state index contributed by atoms with van der Waals surface area (Å²) < 4.78 is 5.67. The van der Waals surface area contributed by atoms with Gasteiger partial charge in [0.2, 0.25) is 5.91 Å². The first-order chi connectivity index (χ1) is 16.6. The minimum atomic E-state index is -0.0703. The van der Waals surface area contributed by atoms with Gasteiger partial charge in [-0.3, -0.25) is 9.69 Å². The first kappa shape index (κ1) is 24.4. The van der Waals surface area contributed by atoms with E-state index >= 15 is 0 Å². The van der Waals surface area contributed by atoms with Crippen molar-refractivity contribution in [3.05, 3.63) is 65.2 Å². The van der Waals surface area contributed by atoms with Crippen molar-refractivity contribution in [1.29, 1.82) is 0 Å². The van der Waals surface area contributed by atoms with Gasteiger partial charge in [-0.25, -0.2) is 4.98 Å². The highest BCUT2D eigenvalue weighted by Crippen LogP contribution is 2.25. The zero-order chi connectivity index (χ0) is 23.8. The van der Waals surface area contributed by atoms with E-state index in [2.05, 4.69) is 53.4 Å². The molecule has 1 amide bonds. The topological polar surface area (TPSA) is 57.7 Å². The van der Waals surface area contributed by atoms with Gasteiger partial charge in [0.1, 0.15) is 10.8 Å².